The first kappa shape index (κ1) is 22.7. The van der Waals surface area contributed by atoms with Gasteiger partial charge in [0, 0.05) is 30.1 Å². The molecule has 0 aromatic heterocycles. The number of amides is 1. The van der Waals surface area contributed by atoms with Gasteiger partial charge in [0.15, 0.2) is 0 Å². The van der Waals surface area contributed by atoms with Crippen molar-refractivity contribution in [3.63, 3.8) is 0 Å². The molecule has 28 heavy (non-hydrogen) atoms. The van der Waals surface area contributed by atoms with E-state index in [1.807, 2.05) is 19.2 Å². The van der Waals surface area contributed by atoms with Gasteiger partial charge in [-0.3, -0.25) is 4.79 Å². The van der Waals surface area contributed by atoms with Crippen LogP contribution in [-0.4, -0.2) is 37.6 Å². The first-order valence-electron chi connectivity index (χ1n) is 9.16. The van der Waals surface area contributed by atoms with Crippen LogP contribution in [-0.2, 0) is 4.79 Å². The summed E-state index contributed by atoms with van der Waals surface area (Å²) in [6.45, 7) is 1.74. The van der Waals surface area contributed by atoms with Gasteiger partial charge >= 0.3 is 0 Å². The Morgan fingerprint density at radius 2 is 1.57 bits per heavy atom. The minimum atomic E-state index is 0.101. The van der Waals surface area contributed by atoms with E-state index in [-0.39, 0.29) is 5.91 Å². The molecule has 0 N–H and O–H groups in total. The number of benzene rings is 2. The fraction of sp³-hybridized carbons (Fsp3) is 0.381. The van der Waals surface area contributed by atoms with Crippen molar-refractivity contribution < 1.29 is 14.3 Å². The average Bonchev–Trinajstić information content (AvgIpc) is 2.67. The second-order valence-electron chi connectivity index (χ2n) is 6.35. The van der Waals surface area contributed by atoms with Gasteiger partial charge in [-0.2, -0.15) is 0 Å². The van der Waals surface area contributed by atoms with Gasteiger partial charge < -0.3 is 14.4 Å². The third-order valence-electron chi connectivity index (χ3n) is 4.08. The summed E-state index contributed by atoms with van der Waals surface area (Å²) in [5.74, 6) is 1.48. The topological polar surface area (TPSA) is 38.8 Å². The first-order chi connectivity index (χ1) is 13.5. The first-order valence-corrected chi connectivity index (χ1v) is 10.3. The highest BCUT2D eigenvalue weighted by Gasteiger charge is 2.09. The van der Waals surface area contributed by atoms with Crippen LogP contribution in [0.5, 0.6) is 11.5 Å². The van der Waals surface area contributed by atoms with E-state index in [0.29, 0.717) is 53.4 Å². The van der Waals surface area contributed by atoms with E-state index in [2.05, 4.69) is 0 Å². The maximum atomic E-state index is 12.2. The van der Waals surface area contributed by atoms with Crippen molar-refractivity contribution in [3.8, 4) is 11.5 Å². The molecule has 0 atom stereocenters. The highest BCUT2D eigenvalue weighted by molar-refractivity contribution is 6.35. The molecular weight excluding hydrogens is 421 g/mol. The maximum absolute atomic E-state index is 12.2. The number of ether oxygens (including phenoxy) is 2. The fourth-order valence-electron chi connectivity index (χ4n) is 2.49. The zero-order valence-corrected chi connectivity index (χ0v) is 18.1. The zero-order chi connectivity index (χ0) is 20.4. The Morgan fingerprint density at radius 1 is 0.893 bits per heavy atom. The van der Waals surface area contributed by atoms with E-state index in [4.69, 9.17) is 44.3 Å². The monoisotopic (exact) mass is 443 g/mol. The molecule has 0 saturated heterocycles. The van der Waals surface area contributed by atoms with Gasteiger partial charge in [-0.25, -0.2) is 0 Å². The Kier molecular flexibility index (Phi) is 9.76. The molecule has 0 aliphatic carbocycles. The van der Waals surface area contributed by atoms with E-state index >= 15 is 0 Å². The van der Waals surface area contributed by atoms with E-state index in [1.165, 1.54) is 0 Å². The molecule has 7 heteroatoms. The molecule has 152 valence electrons. The molecule has 0 radical (unpaired) electrons. The van der Waals surface area contributed by atoms with Crippen molar-refractivity contribution >= 4 is 40.7 Å². The fourth-order valence-corrected chi connectivity index (χ4v) is 3.07. The highest BCUT2D eigenvalue weighted by atomic mass is 35.5. The zero-order valence-electron chi connectivity index (χ0n) is 15.8. The smallest absolute Gasteiger partial charge is 0.222 e. The van der Waals surface area contributed by atoms with Crippen molar-refractivity contribution in [2.75, 3.05) is 26.8 Å². The van der Waals surface area contributed by atoms with Crippen LogP contribution >= 0.6 is 34.8 Å². The molecule has 0 unspecified atom stereocenters. The Balaban J connectivity index is 1.55. The summed E-state index contributed by atoms with van der Waals surface area (Å²) in [5.41, 5.74) is 0. The summed E-state index contributed by atoms with van der Waals surface area (Å²) in [7, 11) is 1.82. The lowest BCUT2D eigenvalue weighted by Gasteiger charge is -2.17. The van der Waals surface area contributed by atoms with E-state index in [0.717, 1.165) is 18.6 Å². The molecule has 1 amide bonds. The van der Waals surface area contributed by atoms with Crippen LogP contribution in [0.25, 0.3) is 0 Å². The Hall–Kier alpha value is -1.62. The number of rotatable bonds is 11. The summed E-state index contributed by atoms with van der Waals surface area (Å²) < 4.78 is 11.2. The van der Waals surface area contributed by atoms with Crippen molar-refractivity contribution in [1.29, 1.82) is 0 Å². The molecule has 0 saturated carbocycles. The number of unbranched alkanes of at least 4 members (excludes halogenated alkanes) is 1. The number of carbonyl (C=O) groups excluding carboxylic acids is 1. The van der Waals surface area contributed by atoms with Gasteiger partial charge in [0.2, 0.25) is 5.91 Å². The van der Waals surface area contributed by atoms with Crippen LogP contribution in [0.2, 0.25) is 15.1 Å². The van der Waals surface area contributed by atoms with Gasteiger partial charge in [-0.05, 0) is 61.7 Å². The van der Waals surface area contributed by atoms with E-state index in [1.54, 1.807) is 35.2 Å². The second kappa shape index (κ2) is 12.1. The summed E-state index contributed by atoms with van der Waals surface area (Å²) in [6.07, 6.45) is 2.82. The predicted molar refractivity (Wildman–Crippen MR) is 115 cm³/mol. The number of nitrogens with zero attached hydrogens (tertiary/aromatic N) is 1. The number of halogens is 3. The summed E-state index contributed by atoms with van der Waals surface area (Å²) in [5, 5.41) is 1.72. The molecular formula is C21H24Cl3NO3. The summed E-state index contributed by atoms with van der Waals surface area (Å²) >= 11 is 17.7. The minimum Gasteiger partial charge on any atom is -0.494 e. The van der Waals surface area contributed by atoms with E-state index < -0.39 is 0 Å². The lowest BCUT2D eigenvalue weighted by Crippen LogP contribution is -2.28. The molecule has 0 aliphatic heterocycles. The molecule has 0 aliphatic rings. The molecule has 0 spiro atoms. The highest BCUT2D eigenvalue weighted by Crippen LogP contribution is 2.27. The molecule has 0 bridgehead atoms. The normalized spacial score (nSPS) is 10.6. The van der Waals surface area contributed by atoms with Gasteiger partial charge in [-0.1, -0.05) is 34.8 Å². The number of hydrogen-bond acceptors (Lipinski definition) is 3. The van der Waals surface area contributed by atoms with Crippen LogP contribution in [0.15, 0.2) is 42.5 Å². The van der Waals surface area contributed by atoms with Crippen LogP contribution in [0, 0.1) is 0 Å². The second-order valence-corrected chi connectivity index (χ2v) is 7.63. The lowest BCUT2D eigenvalue weighted by atomic mass is 10.2. The quantitative estimate of drug-likeness (QED) is 0.392. The van der Waals surface area contributed by atoms with Gasteiger partial charge in [0.05, 0.1) is 18.2 Å². The Labute approximate surface area is 181 Å². The van der Waals surface area contributed by atoms with Gasteiger partial charge in [0.1, 0.15) is 11.5 Å². The molecule has 0 fully saturated rings. The molecule has 0 heterocycles. The van der Waals surface area contributed by atoms with Crippen molar-refractivity contribution in [2.24, 2.45) is 0 Å². The maximum Gasteiger partial charge on any atom is 0.222 e. The van der Waals surface area contributed by atoms with Crippen molar-refractivity contribution in [3.05, 3.63) is 57.5 Å². The third kappa shape index (κ3) is 8.17. The Bertz CT molecular complexity index is 753. The van der Waals surface area contributed by atoms with Gasteiger partial charge in [0.25, 0.3) is 0 Å². The molecule has 2 aromatic carbocycles. The Morgan fingerprint density at radius 3 is 2.29 bits per heavy atom. The minimum absolute atomic E-state index is 0.101. The lowest BCUT2D eigenvalue weighted by molar-refractivity contribution is -0.130. The standard InChI is InChI=1S/C21H24Cl3NO3/c1-25(12-2-3-13-27-18-9-6-16(22)7-10-18)21(26)5-4-14-28-20-11-8-17(23)15-19(20)24/h6-11,15H,2-5,12-14H2,1H3. The van der Waals surface area contributed by atoms with Crippen molar-refractivity contribution in [2.45, 2.75) is 25.7 Å². The van der Waals surface area contributed by atoms with Crippen LogP contribution in [0.4, 0.5) is 0 Å². The summed E-state index contributed by atoms with van der Waals surface area (Å²) in [6, 6.07) is 12.4. The van der Waals surface area contributed by atoms with Crippen molar-refractivity contribution in [1.82, 2.24) is 4.90 Å². The molecule has 2 aromatic rings. The number of hydrogen-bond donors (Lipinski definition) is 0. The SMILES string of the molecule is CN(CCCCOc1ccc(Cl)cc1)C(=O)CCCOc1ccc(Cl)cc1Cl. The molecule has 4 nitrogen and oxygen atoms in total. The summed E-state index contributed by atoms with van der Waals surface area (Å²) in [4.78, 5) is 13.9. The predicted octanol–water partition coefficient (Wildman–Crippen LogP) is 6.12. The van der Waals surface area contributed by atoms with Crippen LogP contribution in [0.1, 0.15) is 25.7 Å². The third-order valence-corrected chi connectivity index (χ3v) is 4.86. The van der Waals surface area contributed by atoms with Crippen LogP contribution in [0.3, 0.4) is 0 Å². The molecule has 2 rings (SSSR count). The average molecular weight is 445 g/mol. The largest absolute Gasteiger partial charge is 0.494 e. The number of carbonyl (C=O) groups is 1. The van der Waals surface area contributed by atoms with E-state index in [9.17, 15) is 4.79 Å². The van der Waals surface area contributed by atoms with Gasteiger partial charge in [-0.15, -0.1) is 0 Å². The van der Waals surface area contributed by atoms with Crippen LogP contribution < -0.4 is 9.47 Å².